The van der Waals surface area contributed by atoms with Crippen LogP contribution in [0.5, 0.6) is 0 Å². The minimum Gasteiger partial charge on any atom is -0.445 e. The first-order valence-electron chi connectivity index (χ1n) is 13.4. The number of fused-ring (bicyclic) bond motifs is 1. The molecule has 12 nitrogen and oxygen atoms in total. The number of aromatic nitrogens is 3. The fourth-order valence-corrected chi connectivity index (χ4v) is 4.53. The second kappa shape index (κ2) is 12.0. The number of anilines is 2. The summed E-state index contributed by atoms with van der Waals surface area (Å²) in [5.74, 6) is 0.262. The zero-order valence-corrected chi connectivity index (χ0v) is 24.1. The SMILES string of the molecule is C#CCOC(=O)n1nc(NC(=O)c2ccccc2NC(=O)c2cccn2C)c2oc(C(=O)NC(C)(C)c3ccccc3)cc21. The van der Waals surface area contributed by atoms with E-state index in [0.29, 0.717) is 5.69 Å². The Morgan fingerprint density at radius 2 is 1.68 bits per heavy atom. The molecule has 0 fully saturated rings. The molecule has 3 amide bonds. The topological polar surface area (TPSA) is 149 Å². The fraction of sp³-hybridized carbons (Fsp3) is 0.156. The van der Waals surface area contributed by atoms with Gasteiger partial charge in [-0.2, -0.15) is 4.68 Å². The summed E-state index contributed by atoms with van der Waals surface area (Å²) in [6, 6.07) is 20.4. The van der Waals surface area contributed by atoms with Crippen LogP contribution >= 0.6 is 0 Å². The van der Waals surface area contributed by atoms with E-state index < -0.39 is 29.4 Å². The molecule has 3 N–H and O–H groups in total. The lowest BCUT2D eigenvalue weighted by Crippen LogP contribution is -2.40. The van der Waals surface area contributed by atoms with Crippen LogP contribution in [0.2, 0.25) is 0 Å². The molecule has 3 aromatic heterocycles. The highest BCUT2D eigenvalue weighted by atomic mass is 16.6. The Labute approximate surface area is 252 Å². The van der Waals surface area contributed by atoms with E-state index in [1.165, 1.54) is 12.1 Å². The zero-order chi connectivity index (χ0) is 31.4. The van der Waals surface area contributed by atoms with E-state index in [-0.39, 0.29) is 40.5 Å². The summed E-state index contributed by atoms with van der Waals surface area (Å²) in [6.45, 7) is 3.34. The lowest BCUT2D eigenvalue weighted by Gasteiger charge is -2.26. The van der Waals surface area contributed by atoms with E-state index in [1.54, 1.807) is 48.1 Å². The number of amides is 3. The zero-order valence-electron chi connectivity index (χ0n) is 24.1. The average Bonchev–Trinajstić information content (AvgIpc) is 3.72. The second-order valence-electron chi connectivity index (χ2n) is 10.2. The number of benzene rings is 2. The highest BCUT2D eigenvalue weighted by molar-refractivity contribution is 6.14. The van der Waals surface area contributed by atoms with Gasteiger partial charge >= 0.3 is 6.09 Å². The van der Waals surface area contributed by atoms with Crippen molar-refractivity contribution in [2.24, 2.45) is 7.05 Å². The van der Waals surface area contributed by atoms with E-state index in [0.717, 1.165) is 10.2 Å². The van der Waals surface area contributed by atoms with Gasteiger partial charge in [0.05, 0.1) is 16.8 Å². The average molecular weight is 593 g/mol. The van der Waals surface area contributed by atoms with Gasteiger partial charge in [0.2, 0.25) is 0 Å². The molecule has 5 rings (SSSR count). The fourth-order valence-electron chi connectivity index (χ4n) is 4.53. The van der Waals surface area contributed by atoms with Gasteiger partial charge in [-0.3, -0.25) is 14.4 Å². The molecule has 0 atom stereocenters. The minimum absolute atomic E-state index is 0.0519. The normalized spacial score (nSPS) is 11.0. The highest BCUT2D eigenvalue weighted by Gasteiger charge is 2.29. The number of hydrogen-bond acceptors (Lipinski definition) is 7. The molecular formula is C32H28N6O6. The number of carbonyl (C=O) groups is 4. The van der Waals surface area contributed by atoms with Crippen molar-refractivity contribution in [1.82, 2.24) is 19.7 Å². The van der Waals surface area contributed by atoms with Gasteiger partial charge in [-0.05, 0) is 43.7 Å². The highest BCUT2D eigenvalue weighted by Crippen LogP contribution is 2.29. The van der Waals surface area contributed by atoms with Crippen molar-refractivity contribution >= 4 is 46.4 Å². The Morgan fingerprint density at radius 1 is 0.955 bits per heavy atom. The summed E-state index contributed by atoms with van der Waals surface area (Å²) >= 11 is 0. The molecule has 0 saturated heterocycles. The number of nitrogens with one attached hydrogen (secondary N) is 3. The van der Waals surface area contributed by atoms with Crippen molar-refractivity contribution in [1.29, 1.82) is 0 Å². The molecule has 12 heteroatoms. The Bertz CT molecular complexity index is 1930. The summed E-state index contributed by atoms with van der Waals surface area (Å²) in [5, 5.41) is 12.4. The monoisotopic (exact) mass is 592 g/mol. The Kier molecular flexibility index (Phi) is 8.04. The molecule has 5 aromatic rings. The van der Waals surface area contributed by atoms with Gasteiger partial charge in [-0.25, -0.2) is 4.79 Å². The number of terminal acetylenes is 1. The van der Waals surface area contributed by atoms with Gasteiger partial charge in [0.25, 0.3) is 17.7 Å². The third-order valence-electron chi connectivity index (χ3n) is 6.78. The predicted octanol–water partition coefficient (Wildman–Crippen LogP) is 4.76. The number of para-hydroxylation sites is 1. The molecule has 0 aliphatic rings. The molecule has 0 saturated carbocycles. The maximum atomic E-state index is 13.5. The Hall–Kier alpha value is -6.09. The molecule has 2 aromatic carbocycles. The molecule has 222 valence electrons. The van der Waals surface area contributed by atoms with Crippen LogP contribution in [-0.2, 0) is 17.3 Å². The van der Waals surface area contributed by atoms with E-state index in [2.05, 4.69) is 27.0 Å². The predicted molar refractivity (Wildman–Crippen MR) is 162 cm³/mol. The number of hydrogen-bond donors (Lipinski definition) is 3. The van der Waals surface area contributed by atoms with Gasteiger partial charge < -0.3 is 29.7 Å². The molecular weight excluding hydrogens is 564 g/mol. The summed E-state index contributed by atoms with van der Waals surface area (Å²) in [7, 11) is 1.73. The van der Waals surface area contributed by atoms with E-state index in [9.17, 15) is 19.2 Å². The summed E-state index contributed by atoms with van der Waals surface area (Å²) in [5.41, 5.74) is 0.853. The summed E-state index contributed by atoms with van der Waals surface area (Å²) < 4.78 is 13.4. The lowest BCUT2D eigenvalue weighted by atomic mass is 9.94. The first kappa shape index (κ1) is 29.4. The van der Waals surface area contributed by atoms with Gasteiger partial charge in [-0.1, -0.05) is 48.4 Å². The maximum Gasteiger partial charge on any atom is 0.436 e. The number of aryl methyl sites for hydroxylation is 1. The van der Waals surface area contributed by atoms with E-state index in [4.69, 9.17) is 15.6 Å². The van der Waals surface area contributed by atoms with Crippen molar-refractivity contribution in [2.75, 3.05) is 17.2 Å². The number of furan rings is 1. The van der Waals surface area contributed by atoms with Crippen molar-refractivity contribution in [3.63, 3.8) is 0 Å². The number of ether oxygens (including phenoxy) is 1. The van der Waals surface area contributed by atoms with Crippen LogP contribution in [-0.4, -0.2) is 44.8 Å². The van der Waals surface area contributed by atoms with Crippen LogP contribution in [0.4, 0.5) is 16.3 Å². The smallest absolute Gasteiger partial charge is 0.436 e. The molecule has 0 spiro atoms. The van der Waals surface area contributed by atoms with Crippen molar-refractivity contribution in [2.45, 2.75) is 19.4 Å². The van der Waals surface area contributed by atoms with Crippen LogP contribution < -0.4 is 16.0 Å². The van der Waals surface area contributed by atoms with Gasteiger partial charge in [0, 0.05) is 19.3 Å². The third-order valence-corrected chi connectivity index (χ3v) is 6.78. The first-order valence-corrected chi connectivity index (χ1v) is 13.4. The molecule has 0 unspecified atom stereocenters. The van der Waals surface area contributed by atoms with Crippen LogP contribution in [0.3, 0.4) is 0 Å². The second-order valence-corrected chi connectivity index (χ2v) is 10.2. The van der Waals surface area contributed by atoms with Gasteiger partial charge in [-0.15, -0.1) is 11.5 Å². The van der Waals surface area contributed by atoms with E-state index >= 15 is 0 Å². The molecule has 44 heavy (non-hydrogen) atoms. The van der Waals surface area contributed by atoms with E-state index in [1.807, 2.05) is 44.2 Å². The van der Waals surface area contributed by atoms with Crippen LogP contribution in [0.1, 0.15) is 50.8 Å². The van der Waals surface area contributed by atoms with Gasteiger partial charge in [0.1, 0.15) is 11.2 Å². The Balaban J connectivity index is 1.46. The molecule has 0 radical (unpaired) electrons. The lowest BCUT2D eigenvalue weighted by molar-refractivity contribution is 0.0885. The standard InChI is InChI=1S/C32H28N6O6/c1-5-18-43-31(42)38-24-19-25(30(41)35-32(2,3)20-12-7-6-8-13-20)44-26(24)27(36-38)34-28(39)21-14-9-10-15-22(21)33-29(40)23-16-11-17-37(23)4/h1,6-17,19H,18H2,2-4H3,(H,33,40)(H,35,41)(H,34,36,39). The molecule has 0 aliphatic heterocycles. The largest absolute Gasteiger partial charge is 0.445 e. The summed E-state index contributed by atoms with van der Waals surface area (Å²) in [4.78, 5) is 52.3. The molecule has 0 bridgehead atoms. The molecule has 3 heterocycles. The first-order chi connectivity index (χ1) is 21.1. The number of nitrogens with zero attached hydrogens (tertiary/aromatic N) is 3. The van der Waals surface area contributed by atoms with Crippen LogP contribution in [0.25, 0.3) is 11.1 Å². The minimum atomic E-state index is -0.943. The van der Waals surface area contributed by atoms with Crippen molar-refractivity contribution in [3.05, 3.63) is 102 Å². The quantitative estimate of drug-likeness (QED) is 0.220. The Morgan fingerprint density at radius 3 is 2.39 bits per heavy atom. The van der Waals surface area contributed by atoms with Crippen LogP contribution in [0, 0.1) is 12.3 Å². The van der Waals surface area contributed by atoms with Gasteiger partial charge in [0.15, 0.2) is 23.8 Å². The number of carbonyl (C=O) groups excluding carboxylic acids is 4. The number of rotatable bonds is 8. The third kappa shape index (κ3) is 5.93. The summed E-state index contributed by atoms with van der Waals surface area (Å²) in [6.07, 6.45) is 6.01. The van der Waals surface area contributed by atoms with Crippen molar-refractivity contribution in [3.8, 4) is 12.3 Å². The maximum absolute atomic E-state index is 13.5. The van der Waals surface area contributed by atoms with Crippen molar-refractivity contribution < 1.29 is 28.3 Å². The van der Waals surface area contributed by atoms with Crippen LogP contribution in [0.15, 0.2) is 83.4 Å². The molecule has 0 aliphatic carbocycles.